The highest BCUT2D eigenvalue weighted by atomic mass is 35.5. The van der Waals surface area contributed by atoms with Crippen LogP contribution in [0.5, 0.6) is 0 Å². The number of hydrogen-bond acceptors (Lipinski definition) is 5. The number of hydrogen-bond donors (Lipinski definition) is 2. The third-order valence-corrected chi connectivity index (χ3v) is 6.07. The maximum Gasteiger partial charge on any atom is 0.252 e. The molecule has 9 heteroatoms. The van der Waals surface area contributed by atoms with Gasteiger partial charge < -0.3 is 10.6 Å². The van der Waals surface area contributed by atoms with Crippen molar-refractivity contribution in [2.45, 2.75) is 39.3 Å². The van der Waals surface area contributed by atoms with Gasteiger partial charge in [-0.15, -0.1) is 36.2 Å². The summed E-state index contributed by atoms with van der Waals surface area (Å²) in [7, 11) is 0. The van der Waals surface area contributed by atoms with Crippen molar-refractivity contribution in [2.24, 2.45) is 5.92 Å². The molecule has 1 saturated heterocycles. The van der Waals surface area contributed by atoms with E-state index in [1.807, 2.05) is 28.3 Å². The molecule has 0 spiro atoms. The molecule has 1 aliphatic heterocycles. The van der Waals surface area contributed by atoms with Gasteiger partial charge in [0.05, 0.1) is 27.7 Å². The molecule has 3 aromatic rings. The second kappa shape index (κ2) is 9.89. The Hall–Kier alpha value is -1.67. The van der Waals surface area contributed by atoms with Crippen molar-refractivity contribution < 1.29 is 4.79 Å². The number of fused-ring (bicyclic) bond motifs is 1. The van der Waals surface area contributed by atoms with Crippen LogP contribution in [0.15, 0.2) is 29.8 Å². The van der Waals surface area contributed by atoms with E-state index in [0.717, 1.165) is 41.1 Å². The van der Waals surface area contributed by atoms with Crippen LogP contribution in [-0.4, -0.2) is 39.8 Å². The van der Waals surface area contributed by atoms with E-state index in [0.29, 0.717) is 11.5 Å². The van der Waals surface area contributed by atoms with Gasteiger partial charge in [-0.2, -0.15) is 5.10 Å². The highest BCUT2D eigenvalue weighted by Crippen LogP contribution is 2.29. The average Bonchev–Trinajstić information content (AvgIpc) is 3.32. The van der Waals surface area contributed by atoms with E-state index in [4.69, 9.17) is 4.98 Å². The number of halogens is 2. The Morgan fingerprint density at radius 3 is 2.83 bits per heavy atom. The summed E-state index contributed by atoms with van der Waals surface area (Å²) in [6.45, 7) is 8.19. The zero-order valence-corrected chi connectivity index (χ0v) is 19.2. The minimum absolute atomic E-state index is 0. The number of pyridine rings is 1. The van der Waals surface area contributed by atoms with Crippen LogP contribution >= 0.6 is 36.2 Å². The summed E-state index contributed by atoms with van der Waals surface area (Å²) in [5.74, 6) is 0.373. The number of rotatable bonds is 4. The molecule has 0 aliphatic carbocycles. The van der Waals surface area contributed by atoms with Crippen LogP contribution in [0.3, 0.4) is 0 Å². The van der Waals surface area contributed by atoms with Gasteiger partial charge in [0.25, 0.3) is 5.91 Å². The molecule has 29 heavy (non-hydrogen) atoms. The molecule has 0 saturated carbocycles. The first kappa shape index (κ1) is 23.6. The van der Waals surface area contributed by atoms with Crippen molar-refractivity contribution in [1.29, 1.82) is 0 Å². The van der Waals surface area contributed by atoms with Gasteiger partial charge in [-0.05, 0) is 56.8 Å². The maximum atomic E-state index is 13.2. The van der Waals surface area contributed by atoms with Gasteiger partial charge in [0.2, 0.25) is 0 Å². The van der Waals surface area contributed by atoms with Crippen LogP contribution in [0.2, 0.25) is 0 Å². The topological polar surface area (TPSA) is 71.8 Å². The van der Waals surface area contributed by atoms with Crippen molar-refractivity contribution in [3.05, 3.63) is 35.3 Å². The number of nitrogens with zero attached hydrogens (tertiary/aromatic N) is 3. The number of carbonyl (C=O) groups is 1. The molecule has 3 aromatic heterocycles. The molecule has 0 aromatic carbocycles. The van der Waals surface area contributed by atoms with E-state index >= 15 is 0 Å². The molecule has 4 rings (SSSR count). The molecule has 2 unspecified atom stereocenters. The summed E-state index contributed by atoms with van der Waals surface area (Å²) >= 11 is 1.63. The molecular weight excluding hydrogens is 429 g/mol. The Labute approximate surface area is 187 Å². The Bertz CT molecular complexity index is 957. The fourth-order valence-electron chi connectivity index (χ4n) is 3.61. The fraction of sp³-hybridized carbons (Fsp3) is 0.450. The SMILES string of the molecule is CC1CNCCC1NC(=O)c1cc(-c2cccs2)nc2c1cnn2C(C)C.Cl.Cl. The van der Waals surface area contributed by atoms with E-state index in [-0.39, 0.29) is 42.8 Å². The van der Waals surface area contributed by atoms with Gasteiger partial charge in [-0.25, -0.2) is 9.67 Å². The van der Waals surface area contributed by atoms with E-state index in [9.17, 15) is 4.79 Å². The summed E-state index contributed by atoms with van der Waals surface area (Å²) in [5, 5.41) is 13.9. The summed E-state index contributed by atoms with van der Waals surface area (Å²) in [4.78, 5) is 19.1. The predicted octanol–water partition coefficient (Wildman–Crippen LogP) is 4.31. The summed E-state index contributed by atoms with van der Waals surface area (Å²) < 4.78 is 1.89. The van der Waals surface area contributed by atoms with Crippen LogP contribution in [0.4, 0.5) is 0 Å². The minimum Gasteiger partial charge on any atom is -0.349 e. The van der Waals surface area contributed by atoms with Gasteiger partial charge in [0.1, 0.15) is 0 Å². The lowest BCUT2D eigenvalue weighted by molar-refractivity contribution is 0.0916. The molecular formula is C20H27Cl2N5OS. The zero-order valence-electron chi connectivity index (χ0n) is 16.7. The largest absolute Gasteiger partial charge is 0.349 e. The van der Waals surface area contributed by atoms with Crippen LogP contribution < -0.4 is 10.6 Å². The second-order valence-corrected chi connectivity index (χ2v) is 8.45. The van der Waals surface area contributed by atoms with Crippen molar-refractivity contribution in [3.63, 3.8) is 0 Å². The molecule has 4 heterocycles. The second-order valence-electron chi connectivity index (χ2n) is 7.50. The Morgan fingerprint density at radius 1 is 1.38 bits per heavy atom. The monoisotopic (exact) mass is 455 g/mol. The number of aromatic nitrogens is 3. The van der Waals surface area contributed by atoms with Crippen molar-refractivity contribution >= 4 is 53.1 Å². The molecule has 0 radical (unpaired) electrons. The molecule has 158 valence electrons. The van der Waals surface area contributed by atoms with Gasteiger partial charge in [0, 0.05) is 12.1 Å². The van der Waals surface area contributed by atoms with E-state index in [1.165, 1.54) is 0 Å². The van der Waals surface area contributed by atoms with Gasteiger partial charge in [0.15, 0.2) is 5.65 Å². The number of thiophene rings is 1. The first-order chi connectivity index (χ1) is 13.0. The quantitative estimate of drug-likeness (QED) is 0.614. The lowest BCUT2D eigenvalue weighted by Crippen LogP contribution is -2.48. The Morgan fingerprint density at radius 2 is 2.17 bits per heavy atom. The third kappa shape index (κ3) is 4.74. The van der Waals surface area contributed by atoms with Crippen LogP contribution in [0.25, 0.3) is 21.6 Å². The van der Waals surface area contributed by atoms with Crippen molar-refractivity contribution in [2.75, 3.05) is 13.1 Å². The molecule has 2 N–H and O–H groups in total. The standard InChI is InChI=1S/C20H25N5OS.2ClH/c1-12(2)25-19-15(11-22-25)14(9-17(23-19)18-5-4-8-27-18)20(26)24-16-6-7-21-10-13(16)3;;/h4-5,8-9,11-13,16,21H,6-7,10H2,1-3H3,(H,24,26);2*1H. The van der Waals surface area contributed by atoms with Crippen molar-refractivity contribution in [3.8, 4) is 10.6 Å². The Balaban J connectivity index is 0.00000150. The lowest BCUT2D eigenvalue weighted by Gasteiger charge is -2.30. The highest BCUT2D eigenvalue weighted by molar-refractivity contribution is 7.13. The molecule has 0 bridgehead atoms. The van der Waals surface area contributed by atoms with Gasteiger partial charge >= 0.3 is 0 Å². The van der Waals surface area contributed by atoms with Crippen molar-refractivity contribution in [1.82, 2.24) is 25.4 Å². The normalized spacial score (nSPS) is 18.9. The molecule has 2 atom stereocenters. The first-order valence-corrected chi connectivity index (χ1v) is 10.4. The first-order valence-electron chi connectivity index (χ1n) is 9.48. The number of nitrogens with one attached hydrogen (secondary N) is 2. The summed E-state index contributed by atoms with van der Waals surface area (Å²) in [6, 6.07) is 6.30. The van der Waals surface area contributed by atoms with Crippen LogP contribution in [-0.2, 0) is 0 Å². The van der Waals surface area contributed by atoms with Gasteiger partial charge in [-0.1, -0.05) is 13.0 Å². The maximum absolute atomic E-state index is 13.2. The summed E-state index contributed by atoms with van der Waals surface area (Å²) in [5.41, 5.74) is 2.24. The minimum atomic E-state index is -0.0396. The third-order valence-electron chi connectivity index (χ3n) is 5.18. The predicted molar refractivity (Wildman–Crippen MR) is 124 cm³/mol. The zero-order chi connectivity index (χ0) is 19.0. The van der Waals surface area contributed by atoms with Crippen LogP contribution in [0.1, 0.15) is 43.6 Å². The molecule has 1 aliphatic rings. The van der Waals surface area contributed by atoms with Gasteiger partial charge in [-0.3, -0.25) is 4.79 Å². The molecule has 1 fully saturated rings. The smallest absolute Gasteiger partial charge is 0.252 e. The molecule has 1 amide bonds. The molecule has 6 nitrogen and oxygen atoms in total. The highest BCUT2D eigenvalue weighted by Gasteiger charge is 2.25. The lowest BCUT2D eigenvalue weighted by atomic mass is 9.95. The number of amides is 1. The number of piperidine rings is 1. The Kier molecular flexibility index (Phi) is 8.05. The van der Waals surface area contributed by atoms with E-state index in [2.05, 4.69) is 36.5 Å². The average molecular weight is 456 g/mol. The van der Waals surface area contributed by atoms with E-state index < -0.39 is 0 Å². The van der Waals surface area contributed by atoms with Crippen LogP contribution in [0, 0.1) is 5.92 Å². The fourth-order valence-corrected chi connectivity index (χ4v) is 4.30. The summed E-state index contributed by atoms with van der Waals surface area (Å²) in [6.07, 6.45) is 2.71. The number of carbonyl (C=O) groups excluding carboxylic acids is 1. The van der Waals surface area contributed by atoms with E-state index in [1.54, 1.807) is 17.5 Å².